The number of hydrogen-bond acceptors (Lipinski definition) is 3. The first-order valence-electron chi connectivity index (χ1n) is 6.05. The predicted molar refractivity (Wildman–Crippen MR) is 90.3 cm³/mol. The number of rotatable bonds is 3. The van der Waals surface area contributed by atoms with Crippen LogP contribution in [-0.2, 0) is 10.0 Å². The second-order valence-electron chi connectivity index (χ2n) is 4.68. The Kier molecular flexibility index (Phi) is 4.51. The van der Waals surface area contributed by atoms with E-state index < -0.39 is 10.0 Å². The van der Waals surface area contributed by atoms with Gasteiger partial charge in [0.2, 0.25) is 0 Å². The Hall–Kier alpha value is -1.24. The summed E-state index contributed by atoms with van der Waals surface area (Å²) in [6.07, 6.45) is 0. The molecule has 0 saturated carbocycles. The van der Waals surface area contributed by atoms with E-state index in [-0.39, 0.29) is 4.90 Å². The van der Waals surface area contributed by atoms with E-state index in [1.807, 2.05) is 0 Å². The largest absolute Gasteiger partial charge is 0.398 e. The van der Waals surface area contributed by atoms with Crippen molar-refractivity contribution in [3.05, 3.63) is 51.0 Å². The molecule has 0 heterocycles. The van der Waals surface area contributed by atoms with E-state index in [9.17, 15) is 8.42 Å². The van der Waals surface area contributed by atoms with E-state index in [4.69, 9.17) is 17.3 Å². The summed E-state index contributed by atoms with van der Waals surface area (Å²) >= 11 is 9.17. The SMILES string of the molecule is Cc1ccc(Cl)cc1NS(=O)(=O)c1cc(Br)cc(N)c1C. The summed E-state index contributed by atoms with van der Waals surface area (Å²) in [4.78, 5) is 0.133. The Balaban J connectivity index is 2.51. The Bertz CT molecular complexity index is 807. The van der Waals surface area contributed by atoms with Crippen LogP contribution < -0.4 is 10.5 Å². The molecule has 4 nitrogen and oxygen atoms in total. The number of aryl methyl sites for hydroxylation is 1. The Morgan fingerprint density at radius 1 is 1.19 bits per heavy atom. The number of nitrogens with one attached hydrogen (secondary N) is 1. The molecule has 0 aromatic heterocycles. The topological polar surface area (TPSA) is 72.2 Å². The van der Waals surface area contributed by atoms with Crippen LogP contribution in [0.25, 0.3) is 0 Å². The van der Waals surface area contributed by atoms with Gasteiger partial charge in [0.05, 0.1) is 10.6 Å². The molecule has 0 spiro atoms. The summed E-state index contributed by atoms with van der Waals surface area (Å²) in [5.74, 6) is 0. The molecule has 3 N–H and O–H groups in total. The summed E-state index contributed by atoms with van der Waals surface area (Å²) in [6, 6.07) is 8.22. The molecule has 21 heavy (non-hydrogen) atoms. The minimum atomic E-state index is -3.75. The molecule has 0 atom stereocenters. The summed E-state index contributed by atoms with van der Waals surface area (Å²) in [6.45, 7) is 3.47. The standard InChI is InChI=1S/C14H14BrClN2O2S/c1-8-3-4-11(16)7-13(8)18-21(19,20)14-6-10(15)5-12(17)9(14)2/h3-7,18H,17H2,1-2H3. The minimum absolute atomic E-state index is 0.133. The van der Waals surface area contributed by atoms with Gasteiger partial charge in [0.15, 0.2) is 0 Å². The van der Waals surface area contributed by atoms with Crippen molar-refractivity contribution < 1.29 is 8.42 Å². The van der Waals surface area contributed by atoms with Crippen molar-refractivity contribution in [3.63, 3.8) is 0 Å². The second-order valence-corrected chi connectivity index (χ2v) is 7.69. The van der Waals surface area contributed by atoms with Crippen LogP contribution in [0.2, 0.25) is 5.02 Å². The van der Waals surface area contributed by atoms with Gasteiger partial charge in [0.1, 0.15) is 0 Å². The van der Waals surface area contributed by atoms with Gasteiger partial charge in [-0.25, -0.2) is 8.42 Å². The molecule has 112 valence electrons. The number of benzene rings is 2. The minimum Gasteiger partial charge on any atom is -0.398 e. The van der Waals surface area contributed by atoms with Crippen molar-refractivity contribution >= 4 is 48.9 Å². The highest BCUT2D eigenvalue weighted by atomic mass is 79.9. The molecule has 2 rings (SSSR count). The van der Waals surface area contributed by atoms with Crippen molar-refractivity contribution in [1.29, 1.82) is 0 Å². The lowest BCUT2D eigenvalue weighted by Gasteiger charge is -2.14. The Morgan fingerprint density at radius 2 is 1.86 bits per heavy atom. The molecular weight excluding hydrogens is 376 g/mol. The van der Waals surface area contributed by atoms with E-state index in [2.05, 4.69) is 20.7 Å². The van der Waals surface area contributed by atoms with Gasteiger partial charge in [-0.3, -0.25) is 4.72 Å². The van der Waals surface area contributed by atoms with Crippen molar-refractivity contribution in [2.24, 2.45) is 0 Å². The van der Waals surface area contributed by atoms with Crippen LogP contribution in [0.1, 0.15) is 11.1 Å². The predicted octanol–water partition coefficient (Wildman–Crippen LogP) is 4.10. The summed E-state index contributed by atoms with van der Waals surface area (Å²) in [7, 11) is -3.75. The third kappa shape index (κ3) is 3.51. The second kappa shape index (κ2) is 5.87. The summed E-state index contributed by atoms with van der Waals surface area (Å²) < 4.78 is 28.3. The van der Waals surface area contributed by atoms with E-state index in [0.717, 1.165) is 5.56 Å². The Morgan fingerprint density at radius 3 is 2.52 bits per heavy atom. The maximum Gasteiger partial charge on any atom is 0.262 e. The number of hydrogen-bond donors (Lipinski definition) is 2. The van der Waals surface area contributed by atoms with E-state index in [1.165, 1.54) is 6.07 Å². The molecule has 0 aliphatic rings. The molecule has 0 fully saturated rings. The van der Waals surface area contributed by atoms with Gasteiger partial charge in [-0.15, -0.1) is 0 Å². The van der Waals surface area contributed by atoms with E-state index in [1.54, 1.807) is 38.1 Å². The van der Waals surface area contributed by atoms with Gasteiger partial charge in [-0.2, -0.15) is 0 Å². The van der Waals surface area contributed by atoms with Crippen LogP contribution in [0.3, 0.4) is 0 Å². The van der Waals surface area contributed by atoms with Gasteiger partial charge < -0.3 is 5.73 Å². The molecule has 7 heteroatoms. The molecule has 2 aromatic rings. The molecule has 0 saturated heterocycles. The fourth-order valence-corrected chi connectivity index (χ4v) is 4.08. The van der Waals surface area contributed by atoms with Crippen LogP contribution in [-0.4, -0.2) is 8.42 Å². The first-order chi connectivity index (χ1) is 9.70. The van der Waals surface area contributed by atoms with Crippen molar-refractivity contribution in [3.8, 4) is 0 Å². The fourth-order valence-electron chi connectivity index (χ4n) is 1.86. The fraction of sp³-hybridized carbons (Fsp3) is 0.143. The highest BCUT2D eigenvalue weighted by molar-refractivity contribution is 9.10. The quantitative estimate of drug-likeness (QED) is 0.776. The van der Waals surface area contributed by atoms with Gasteiger partial charge in [0.25, 0.3) is 10.0 Å². The lowest BCUT2D eigenvalue weighted by molar-refractivity contribution is 0.600. The van der Waals surface area contributed by atoms with Crippen LogP contribution in [0.4, 0.5) is 11.4 Å². The highest BCUT2D eigenvalue weighted by Gasteiger charge is 2.20. The zero-order valence-electron chi connectivity index (χ0n) is 11.4. The van der Waals surface area contributed by atoms with Crippen molar-refractivity contribution in [1.82, 2.24) is 0 Å². The first kappa shape index (κ1) is 16.1. The van der Waals surface area contributed by atoms with E-state index >= 15 is 0 Å². The van der Waals surface area contributed by atoms with Crippen LogP contribution in [0.15, 0.2) is 39.7 Å². The van der Waals surface area contributed by atoms with Crippen molar-refractivity contribution in [2.75, 3.05) is 10.5 Å². The monoisotopic (exact) mass is 388 g/mol. The number of halogens is 2. The van der Waals surface area contributed by atoms with Gasteiger partial charge in [-0.05, 0) is 49.2 Å². The lowest BCUT2D eigenvalue weighted by atomic mass is 10.2. The first-order valence-corrected chi connectivity index (χ1v) is 8.71. The molecular formula is C14H14BrClN2O2S. The zero-order chi connectivity index (χ0) is 15.8. The molecule has 0 bridgehead atoms. The zero-order valence-corrected chi connectivity index (χ0v) is 14.6. The lowest BCUT2D eigenvalue weighted by Crippen LogP contribution is -2.15. The third-order valence-corrected chi connectivity index (χ3v) is 5.28. The molecule has 0 aliphatic carbocycles. The Labute approximate surface area is 137 Å². The third-order valence-electron chi connectivity index (χ3n) is 3.10. The van der Waals surface area contributed by atoms with Crippen molar-refractivity contribution in [2.45, 2.75) is 18.7 Å². The summed E-state index contributed by atoms with van der Waals surface area (Å²) in [5.41, 5.74) is 7.96. The number of sulfonamides is 1. The molecule has 0 unspecified atom stereocenters. The van der Waals surface area contributed by atoms with Crippen LogP contribution >= 0.6 is 27.5 Å². The van der Waals surface area contributed by atoms with Gasteiger partial charge >= 0.3 is 0 Å². The smallest absolute Gasteiger partial charge is 0.262 e. The molecule has 0 amide bonds. The molecule has 0 radical (unpaired) electrons. The number of nitrogen functional groups attached to an aromatic ring is 1. The maximum absolute atomic E-state index is 12.6. The van der Waals surface area contributed by atoms with Gasteiger partial charge in [-0.1, -0.05) is 33.6 Å². The number of anilines is 2. The molecule has 0 aliphatic heterocycles. The summed E-state index contributed by atoms with van der Waals surface area (Å²) in [5, 5.41) is 0.462. The van der Waals surface area contributed by atoms with E-state index in [0.29, 0.717) is 26.4 Å². The molecule has 2 aromatic carbocycles. The highest BCUT2D eigenvalue weighted by Crippen LogP contribution is 2.29. The normalized spacial score (nSPS) is 11.4. The van der Waals surface area contributed by atoms with Crippen LogP contribution in [0, 0.1) is 13.8 Å². The van der Waals surface area contributed by atoms with Gasteiger partial charge in [0, 0.05) is 15.2 Å². The maximum atomic E-state index is 12.6. The number of nitrogens with two attached hydrogens (primary N) is 1. The average molecular weight is 390 g/mol. The average Bonchev–Trinajstić information content (AvgIpc) is 2.37. The van der Waals surface area contributed by atoms with Crippen LogP contribution in [0.5, 0.6) is 0 Å².